The molecule has 1 aliphatic heterocycles. The molecule has 0 saturated heterocycles. The summed E-state index contributed by atoms with van der Waals surface area (Å²) in [6.07, 6.45) is 2.04. The Labute approximate surface area is 99.5 Å². The molecule has 0 spiro atoms. The van der Waals surface area contributed by atoms with Gasteiger partial charge in [0.1, 0.15) is 12.4 Å². The first-order valence-electron chi connectivity index (χ1n) is 5.01. The van der Waals surface area contributed by atoms with E-state index in [-0.39, 0.29) is 12.4 Å². The van der Waals surface area contributed by atoms with Crippen LogP contribution in [0.2, 0.25) is 0 Å². The van der Waals surface area contributed by atoms with Crippen LogP contribution in [0.15, 0.2) is 30.5 Å². The molecule has 2 aromatic rings. The summed E-state index contributed by atoms with van der Waals surface area (Å²) in [6.45, 7) is 0.388. The second-order valence-electron chi connectivity index (χ2n) is 3.82. The van der Waals surface area contributed by atoms with Gasteiger partial charge in [0.15, 0.2) is 0 Å². The van der Waals surface area contributed by atoms with E-state index in [1.54, 1.807) is 6.20 Å². The van der Waals surface area contributed by atoms with Crippen molar-refractivity contribution in [2.45, 2.75) is 12.5 Å². The van der Waals surface area contributed by atoms with Crippen LogP contribution in [0, 0.1) is 0 Å². The Hall–Kier alpha value is -1.32. The predicted molar refractivity (Wildman–Crippen MR) is 64.2 cm³/mol. The predicted octanol–water partition coefficient (Wildman–Crippen LogP) is 1.95. The van der Waals surface area contributed by atoms with E-state index in [2.05, 4.69) is 4.98 Å². The number of benzene rings is 1. The molecule has 84 valence electrons. The normalized spacial score (nSPS) is 18.4. The number of halogens is 1. The topological polar surface area (TPSA) is 42.4 Å². The summed E-state index contributed by atoms with van der Waals surface area (Å²) in [5, 5.41) is 10.6. The fraction of sp³-hybridized carbons (Fsp3) is 0.250. The maximum atomic E-state index is 9.48. The van der Waals surface area contributed by atoms with Crippen molar-refractivity contribution in [3.8, 4) is 5.75 Å². The molecule has 4 heteroatoms. The van der Waals surface area contributed by atoms with E-state index in [0.29, 0.717) is 13.0 Å². The maximum absolute atomic E-state index is 9.48. The molecule has 0 amide bonds. The smallest absolute Gasteiger partial charge is 0.123 e. The molecule has 0 radical (unpaired) electrons. The number of nitrogens with zero attached hydrogens (tertiary/aromatic N) is 1. The van der Waals surface area contributed by atoms with Gasteiger partial charge >= 0.3 is 0 Å². The second kappa shape index (κ2) is 4.28. The van der Waals surface area contributed by atoms with Crippen molar-refractivity contribution in [2.75, 3.05) is 6.61 Å². The summed E-state index contributed by atoms with van der Waals surface area (Å²) in [6, 6.07) is 7.90. The van der Waals surface area contributed by atoms with Gasteiger partial charge in [0.05, 0.1) is 11.6 Å². The van der Waals surface area contributed by atoms with Gasteiger partial charge in [-0.3, -0.25) is 4.98 Å². The largest absolute Gasteiger partial charge is 0.491 e. The number of pyridine rings is 1. The van der Waals surface area contributed by atoms with Gasteiger partial charge in [-0.15, -0.1) is 12.4 Å². The Balaban J connectivity index is 0.000000963. The number of aromatic nitrogens is 1. The number of fused-ring (bicyclic) bond motifs is 2. The van der Waals surface area contributed by atoms with Crippen LogP contribution in [-0.4, -0.2) is 22.8 Å². The molecule has 0 saturated carbocycles. The highest BCUT2D eigenvalue weighted by Crippen LogP contribution is 2.28. The van der Waals surface area contributed by atoms with Crippen molar-refractivity contribution in [1.82, 2.24) is 4.98 Å². The van der Waals surface area contributed by atoms with Gasteiger partial charge in [-0.05, 0) is 23.8 Å². The van der Waals surface area contributed by atoms with Crippen LogP contribution >= 0.6 is 12.4 Å². The first-order valence-corrected chi connectivity index (χ1v) is 5.01. The summed E-state index contributed by atoms with van der Waals surface area (Å²) < 4.78 is 5.47. The molecule has 3 rings (SSSR count). The zero-order valence-corrected chi connectivity index (χ0v) is 9.41. The van der Waals surface area contributed by atoms with Gasteiger partial charge in [-0.25, -0.2) is 0 Å². The van der Waals surface area contributed by atoms with Crippen LogP contribution in [0.5, 0.6) is 5.75 Å². The Morgan fingerprint density at radius 1 is 1.38 bits per heavy atom. The average molecular weight is 238 g/mol. The molecule has 1 unspecified atom stereocenters. The number of ether oxygens (including phenoxy) is 1. The van der Waals surface area contributed by atoms with E-state index in [4.69, 9.17) is 4.74 Å². The Morgan fingerprint density at radius 2 is 2.25 bits per heavy atom. The van der Waals surface area contributed by atoms with Gasteiger partial charge in [0.2, 0.25) is 0 Å². The number of aliphatic hydroxyl groups excluding tert-OH is 1. The Morgan fingerprint density at radius 3 is 3.12 bits per heavy atom. The lowest BCUT2D eigenvalue weighted by Crippen LogP contribution is -2.25. The molecule has 1 aromatic heterocycles. The second-order valence-corrected chi connectivity index (χ2v) is 3.82. The minimum atomic E-state index is -0.390. The van der Waals surface area contributed by atoms with Crippen LogP contribution in [0.3, 0.4) is 0 Å². The summed E-state index contributed by atoms with van der Waals surface area (Å²) in [5.74, 6) is 0.876. The van der Waals surface area contributed by atoms with Crippen molar-refractivity contribution in [2.24, 2.45) is 0 Å². The number of hydrogen-bond acceptors (Lipinski definition) is 3. The van der Waals surface area contributed by atoms with Crippen molar-refractivity contribution in [3.05, 3.63) is 36.0 Å². The quantitative estimate of drug-likeness (QED) is 0.762. The Kier molecular flexibility index (Phi) is 2.99. The van der Waals surface area contributed by atoms with Crippen molar-refractivity contribution >= 4 is 23.3 Å². The number of hydrogen-bond donors (Lipinski definition) is 1. The van der Waals surface area contributed by atoms with E-state index < -0.39 is 6.10 Å². The average Bonchev–Trinajstić information content (AvgIpc) is 2.26. The molecule has 0 fully saturated rings. The third-order valence-electron chi connectivity index (χ3n) is 2.67. The lowest BCUT2D eigenvalue weighted by Gasteiger charge is -2.21. The van der Waals surface area contributed by atoms with E-state index in [1.165, 1.54) is 0 Å². The fourth-order valence-corrected chi connectivity index (χ4v) is 1.94. The van der Waals surface area contributed by atoms with E-state index in [9.17, 15) is 5.11 Å². The third-order valence-corrected chi connectivity index (χ3v) is 2.67. The zero-order valence-electron chi connectivity index (χ0n) is 8.59. The van der Waals surface area contributed by atoms with Crippen LogP contribution in [0.25, 0.3) is 10.9 Å². The molecule has 0 bridgehead atoms. The lowest BCUT2D eigenvalue weighted by atomic mass is 10.0. The van der Waals surface area contributed by atoms with Crippen LogP contribution in [0.1, 0.15) is 5.56 Å². The van der Waals surface area contributed by atoms with Crippen molar-refractivity contribution < 1.29 is 9.84 Å². The first-order chi connectivity index (χ1) is 7.33. The van der Waals surface area contributed by atoms with E-state index in [0.717, 1.165) is 22.2 Å². The molecule has 1 atom stereocenters. The number of aliphatic hydroxyl groups is 1. The highest BCUT2D eigenvalue weighted by Gasteiger charge is 2.18. The standard InChI is InChI=1S/C12H11NO2.ClH/c14-10-4-9-5-11-8(2-1-3-13-11)6-12(9)15-7-10;/h1-3,5-6,10,14H,4,7H2;1H. The summed E-state index contributed by atoms with van der Waals surface area (Å²) in [4.78, 5) is 4.28. The highest BCUT2D eigenvalue weighted by molar-refractivity contribution is 5.85. The molecule has 1 N–H and O–H groups in total. The van der Waals surface area contributed by atoms with Crippen LogP contribution < -0.4 is 4.74 Å². The fourth-order valence-electron chi connectivity index (χ4n) is 1.94. The molecule has 0 aliphatic carbocycles. The molecule has 1 aromatic carbocycles. The molecule has 1 aliphatic rings. The maximum Gasteiger partial charge on any atom is 0.123 e. The van der Waals surface area contributed by atoms with Crippen molar-refractivity contribution in [1.29, 1.82) is 0 Å². The highest BCUT2D eigenvalue weighted by atomic mass is 35.5. The van der Waals surface area contributed by atoms with E-state index in [1.807, 2.05) is 24.3 Å². The molecule has 16 heavy (non-hydrogen) atoms. The lowest BCUT2D eigenvalue weighted by molar-refractivity contribution is 0.0923. The summed E-state index contributed by atoms with van der Waals surface area (Å²) in [7, 11) is 0. The van der Waals surface area contributed by atoms with Crippen LogP contribution in [0.4, 0.5) is 0 Å². The van der Waals surface area contributed by atoms with Gasteiger partial charge in [-0.2, -0.15) is 0 Å². The van der Waals surface area contributed by atoms with E-state index >= 15 is 0 Å². The van der Waals surface area contributed by atoms with Gasteiger partial charge in [0.25, 0.3) is 0 Å². The van der Waals surface area contributed by atoms with Crippen molar-refractivity contribution in [3.63, 3.8) is 0 Å². The number of rotatable bonds is 0. The molecule has 3 nitrogen and oxygen atoms in total. The van der Waals surface area contributed by atoms with Gasteiger partial charge in [0, 0.05) is 18.0 Å². The third kappa shape index (κ3) is 1.84. The Bertz CT molecular complexity index is 515. The summed E-state index contributed by atoms with van der Waals surface area (Å²) in [5.41, 5.74) is 1.99. The van der Waals surface area contributed by atoms with Gasteiger partial charge < -0.3 is 9.84 Å². The SMILES string of the molecule is Cl.OC1COc2cc3cccnc3cc2C1. The minimum Gasteiger partial charge on any atom is -0.491 e. The monoisotopic (exact) mass is 237 g/mol. The molecule has 2 heterocycles. The summed E-state index contributed by atoms with van der Waals surface area (Å²) >= 11 is 0. The minimum absolute atomic E-state index is 0. The van der Waals surface area contributed by atoms with Crippen LogP contribution in [-0.2, 0) is 6.42 Å². The molecular formula is C12H12ClNO2. The van der Waals surface area contributed by atoms with Gasteiger partial charge in [-0.1, -0.05) is 6.07 Å². The zero-order chi connectivity index (χ0) is 10.3. The first kappa shape index (κ1) is 11.2. The molecular weight excluding hydrogens is 226 g/mol.